The lowest BCUT2D eigenvalue weighted by atomic mass is 9.99. The standard InChI is InChI=1S/C51H30N4O2/c1-3-14-31(15-4-1)34-20-13-27-44-46(34)39-29-28-33(30-45(39)56-44)55-42-25-9-7-18-35(42)37-21-11-23-40(47(37)55)50-52-49(32-16-5-2-6-17-32)53-51(54-50)41-24-12-22-38-36-19-8-10-26-43(36)57-48(38)41/h1-30H. The molecule has 0 saturated carbocycles. The zero-order valence-corrected chi connectivity index (χ0v) is 30.4. The summed E-state index contributed by atoms with van der Waals surface area (Å²) in [5, 5.41) is 6.49. The van der Waals surface area contributed by atoms with E-state index in [1.165, 1.54) is 0 Å². The molecule has 0 spiro atoms. The highest BCUT2D eigenvalue weighted by atomic mass is 16.3. The molecule has 0 aliphatic carbocycles. The lowest BCUT2D eigenvalue weighted by Gasteiger charge is -2.13. The summed E-state index contributed by atoms with van der Waals surface area (Å²) in [6.45, 7) is 0. The number of benzene rings is 8. The van der Waals surface area contributed by atoms with Crippen LogP contribution in [0.1, 0.15) is 0 Å². The van der Waals surface area contributed by atoms with Crippen molar-refractivity contribution in [3.63, 3.8) is 0 Å². The number of nitrogens with zero attached hydrogens (tertiary/aromatic N) is 4. The van der Waals surface area contributed by atoms with Crippen molar-refractivity contribution >= 4 is 65.7 Å². The third-order valence-electron chi connectivity index (χ3n) is 11.1. The average molecular weight is 731 g/mol. The van der Waals surface area contributed by atoms with Gasteiger partial charge in [-0.2, -0.15) is 0 Å². The molecule has 12 rings (SSSR count). The van der Waals surface area contributed by atoms with E-state index in [-0.39, 0.29) is 0 Å². The Labute approximate surface area is 325 Å². The molecule has 0 radical (unpaired) electrons. The molecule has 0 N–H and O–H groups in total. The third-order valence-corrected chi connectivity index (χ3v) is 11.1. The van der Waals surface area contributed by atoms with Gasteiger partial charge in [-0.25, -0.2) is 15.0 Å². The quantitative estimate of drug-likeness (QED) is 0.176. The number of para-hydroxylation sites is 4. The Hall–Kier alpha value is -7.83. The van der Waals surface area contributed by atoms with Crippen molar-refractivity contribution in [1.82, 2.24) is 19.5 Å². The van der Waals surface area contributed by atoms with E-state index in [4.69, 9.17) is 23.8 Å². The SMILES string of the molecule is c1ccc(-c2nc(-c3cccc4c3oc3ccccc34)nc(-c3cccc4c5ccccc5n(-c5ccc6c(c5)oc5cccc(-c7ccccc7)c56)c34)n2)cc1. The average Bonchev–Trinajstić information content (AvgIpc) is 3.96. The number of rotatable bonds is 5. The van der Waals surface area contributed by atoms with Gasteiger partial charge in [0.15, 0.2) is 17.5 Å². The molecular formula is C51H30N4O2. The van der Waals surface area contributed by atoms with Crippen LogP contribution < -0.4 is 0 Å². The summed E-state index contributed by atoms with van der Waals surface area (Å²) in [4.78, 5) is 15.6. The van der Waals surface area contributed by atoms with Crippen LogP contribution >= 0.6 is 0 Å². The third kappa shape index (κ3) is 4.87. The molecule has 0 aliphatic rings. The minimum atomic E-state index is 0.543. The van der Waals surface area contributed by atoms with E-state index < -0.39 is 0 Å². The van der Waals surface area contributed by atoms with E-state index in [2.05, 4.69) is 120 Å². The topological polar surface area (TPSA) is 69.9 Å². The molecule has 4 heterocycles. The Balaban J connectivity index is 1.12. The Morgan fingerprint density at radius 3 is 1.82 bits per heavy atom. The first kappa shape index (κ1) is 31.5. The maximum atomic E-state index is 6.62. The maximum Gasteiger partial charge on any atom is 0.167 e. The van der Waals surface area contributed by atoms with Gasteiger partial charge < -0.3 is 13.4 Å². The molecule has 57 heavy (non-hydrogen) atoms. The minimum Gasteiger partial charge on any atom is -0.456 e. The van der Waals surface area contributed by atoms with E-state index in [0.717, 1.165) is 99.2 Å². The Morgan fingerprint density at radius 1 is 0.368 bits per heavy atom. The van der Waals surface area contributed by atoms with Gasteiger partial charge in [0.2, 0.25) is 0 Å². The molecule has 0 bridgehead atoms. The molecule has 0 atom stereocenters. The molecule has 12 aromatic rings. The maximum absolute atomic E-state index is 6.62. The van der Waals surface area contributed by atoms with E-state index in [0.29, 0.717) is 17.5 Å². The van der Waals surface area contributed by atoms with Gasteiger partial charge in [-0.1, -0.05) is 133 Å². The van der Waals surface area contributed by atoms with Crippen LogP contribution in [-0.4, -0.2) is 19.5 Å². The summed E-state index contributed by atoms with van der Waals surface area (Å²) in [5.41, 5.74) is 11.2. The minimum absolute atomic E-state index is 0.543. The zero-order chi connectivity index (χ0) is 37.5. The number of furan rings is 2. The Morgan fingerprint density at radius 2 is 0.982 bits per heavy atom. The smallest absolute Gasteiger partial charge is 0.167 e. The number of hydrogen-bond acceptors (Lipinski definition) is 5. The molecule has 0 fully saturated rings. The molecule has 6 heteroatoms. The van der Waals surface area contributed by atoms with Crippen molar-refractivity contribution in [2.24, 2.45) is 0 Å². The first-order valence-electron chi connectivity index (χ1n) is 19.0. The molecule has 0 saturated heterocycles. The van der Waals surface area contributed by atoms with Crippen LogP contribution in [0.4, 0.5) is 0 Å². The predicted octanol–water partition coefficient (Wildman–Crippen LogP) is 13.4. The van der Waals surface area contributed by atoms with Gasteiger partial charge in [0, 0.05) is 55.2 Å². The lowest BCUT2D eigenvalue weighted by Crippen LogP contribution is -2.02. The lowest BCUT2D eigenvalue weighted by molar-refractivity contribution is 0.668. The molecule has 8 aromatic carbocycles. The second kappa shape index (κ2) is 12.3. The zero-order valence-electron chi connectivity index (χ0n) is 30.4. The summed E-state index contributed by atoms with van der Waals surface area (Å²) in [6, 6.07) is 62.6. The van der Waals surface area contributed by atoms with Crippen LogP contribution in [-0.2, 0) is 0 Å². The summed E-state index contributed by atoms with van der Waals surface area (Å²) < 4.78 is 15.4. The van der Waals surface area contributed by atoms with Gasteiger partial charge in [-0.3, -0.25) is 0 Å². The summed E-state index contributed by atoms with van der Waals surface area (Å²) in [5.74, 6) is 1.70. The largest absolute Gasteiger partial charge is 0.456 e. The second-order valence-corrected chi connectivity index (χ2v) is 14.3. The van der Waals surface area contributed by atoms with Gasteiger partial charge in [0.05, 0.1) is 16.6 Å². The van der Waals surface area contributed by atoms with E-state index >= 15 is 0 Å². The van der Waals surface area contributed by atoms with Gasteiger partial charge >= 0.3 is 0 Å². The fraction of sp³-hybridized carbons (Fsp3) is 0. The molecule has 4 aromatic heterocycles. The summed E-state index contributed by atoms with van der Waals surface area (Å²) in [6.07, 6.45) is 0. The molecule has 0 unspecified atom stereocenters. The van der Waals surface area contributed by atoms with Crippen LogP contribution in [0.3, 0.4) is 0 Å². The van der Waals surface area contributed by atoms with Crippen molar-refractivity contribution in [3.8, 4) is 51.0 Å². The first-order valence-corrected chi connectivity index (χ1v) is 19.0. The molecule has 266 valence electrons. The first-order chi connectivity index (χ1) is 28.3. The highest BCUT2D eigenvalue weighted by Gasteiger charge is 2.22. The Bertz CT molecular complexity index is 3530. The fourth-order valence-electron chi connectivity index (χ4n) is 8.54. The van der Waals surface area contributed by atoms with E-state index in [1.54, 1.807) is 0 Å². The van der Waals surface area contributed by atoms with Crippen molar-refractivity contribution in [1.29, 1.82) is 0 Å². The van der Waals surface area contributed by atoms with Crippen molar-refractivity contribution in [2.75, 3.05) is 0 Å². The van der Waals surface area contributed by atoms with Gasteiger partial charge in [-0.15, -0.1) is 0 Å². The Kier molecular flexibility index (Phi) is 6.83. The molecule has 6 nitrogen and oxygen atoms in total. The van der Waals surface area contributed by atoms with E-state index in [1.807, 2.05) is 66.7 Å². The number of hydrogen-bond donors (Lipinski definition) is 0. The van der Waals surface area contributed by atoms with Gasteiger partial charge in [-0.05, 0) is 53.6 Å². The number of aromatic nitrogens is 4. The summed E-state index contributed by atoms with van der Waals surface area (Å²) in [7, 11) is 0. The van der Waals surface area contributed by atoms with Crippen molar-refractivity contribution in [2.45, 2.75) is 0 Å². The number of fused-ring (bicyclic) bond motifs is 9. The highest BCUT2D eigenvalue weighted by Crippen LogP contribution is 2.42. The molecule has 0 aliphatic heterocycles. The monoisotopic (exact) mass is 730 g/mol. The van der Waals surface area contributed by atoms with Crippen molar-refractivity contribution in [3.05, 3.63) is 182 Å². The molecular weight excluding hydrogens is 701 g/mol. The second-order valence-electron chi connectivity index (χ2n) is 14.3. The highest BCUT2D eigenvalue weighted by molar-refractivity contribution is 6.15. The predicted molar refractivity (Wildman–Crippen MR) is 230 cm³/mol. The van der Waals surface area contributed by atoms with Crippen LogP contribution in [0, 0.1) is 0 Å². The normalized spacial score (nSPS) is 11.9. The van der Waals surface area contributed by atoms with Crippen LogP contribution in [0.25, 0.3) is 117 Å². The summed E-state index contributed by atoms with van der Waals surface area (Å²) >= 11 is 0. The van der Waals surface area contributed by atoms with Gasteiger partial charge in [0.1, 0.15) is 22.3 Å². The van der Waals surface area contributed by atoms with Crippen LogP contribution in [0.15, 0.2) is 191 Å². The van der Waals surface area contributed by atoms with Gasteiger partial charge in [0.25, 0.3) is 0 Å². The molecule has 0 amide bonds. The van der Waals surface area contributed by atoms with Crippen LogP contribution in [0.5, 0.6) is 0 Å². The van der Waals surface area contributed by atoms with E-state index in [9.17, 15) is 0 Å². The van der Waals surface area contributed by atoms with Crippen molar-refractivity contribution < 1.29 is 8.83 Å². The fourth-order valence-corrected chi connectivity index (χ4v) is 8.54. The van der Waals surface area contributed by atoms with Crippen LogP contribution in [0.2, 0.25) is 0 Å².